The highest BCUT2D eigenvalue weighted by Gasteiger charge is 2.50. The number of ether oxygens (including phenoxy) is 2. The molecule has 10 nitrogen and oxygen atoms in total. The second kappa shape index (κ2) is 11.8. The molecule has 0 aliphatic carbocycles. The molecule has 0 saturated carbocycles. The van der Waals surface area contributed by atoms with E-state index in [0.29, 0.717) is 44.7 Å². The minimum absolute atomic E-state index is 0.173. The lowest BCUT2D eigenvalue weighted by Gasteiger charge is -2.43. The molecule has 1 N–H and O–H groups in total. The van der Waals surface area contributed by atoms with Gasteiger partial charge in [-0.25, -0.2) is 4.79 Å². The first kappa shape index (κ1) is 30.3. The molecule has 3 saturated heterocycles. The molecule has 7 rings (SSSR count). The number of fused-ring (bicyclic) bond motifs is 4. The average molecular weight is 635 g/mol. The zero-order valence-corrected chi connectivity index (χ0v) is 27.3. The summed E-state index contributed by atoms with van der Waals surface area (Å²) in [6.07, 6.45) is 2.54. The Morgan fingerprint density at radius 3 is 2.62 bits per heavy atom. The topological polar surface area (TPSA) is 94.5 Å². The van der Waals surface area contributed by atoms with Crippen LogP contribution in [-0.2, 0) is 17.7 Å². The van der Waals surface area contributed by atoms with Gasteiger partial charge in [0.05, 0.1) is 35.4 Å². The number of hydrogen-bond donors (Lipinski definition) is 1. The Labute approximate surface area is 269 Å². The van der Waals surface area contributed by atoms with Crippen LogP contribution in [0.5, 0.6) is 6.01 Å². The zero-order valence-electron chi connectivity index (χ0n) is 26.6. The first-order valence-corrected chi connectivity index (χ1v) is 16.5. The molecule has 4 aliphatic rings. The monoisotopic (exact) mass is 634 g/mol. The minimum Gasteiger partial charge on any atom is -0.462 e. The third-order valence-electron chi connectivity index (χ3n) is 9.72. The van der Waals surface area contributed by atoms with Crippen LogP contribution in [-0.4, -0.2) is 101 Å². The van der Waals surface area contributed by atoms with Crippen molar-refractivity contribution >= 4 is 40.0 Å². The Hall–Kier alpha value is -3.34. The number of carbonyl (C=O) groups is 1. The van der Waals surface area contributed by atoms with Gasteiger partial charge in [-0.2, -0.15) is 9.97 Å². The van der Waals surface area contributed by atoms with Gasteiger partial charge in [-0.15, -0.1) is 0 Å². The van der Waals surface area contributed by atoms with Crippen molar-refractivity contribution in [1.82, 2.24) is 19.8 Å². The highest BCUT2D eigenvalue weighted by Crippen LogP contribution is 2.39. The summed E-state index contributed by atoms with van der Waals surface area (Å²) in [5.41, 5.74) is 2.52. The molecule has 3 aromatic rings. The molecule has 240 valence electrons. The van der Waals surface area contributed by atoms with Crippen LogP contribution in [0.1, 0.15) is 51.3 Å². The van der Waals surface area contributed by atoms with Gasteiger partial charge in [-0.3, -0.25) is 4.90 Å². The van der Waals surface area contributed by atoms with Crippen molar-refractivity contribution in [2.24, 2.45) is 0 Å². The molecule has 1 amide bonds. The van der Waals surface area contributed by atoms with E-state index in [1.54, 1.807) is 4.90 Å². The van der Waals surface area contributed by atoms with Crippen molar-refractivity contribution < 1.29 is 19.4 Å². The second-order valence-electron chi connectivity index (χ2n) is 13.9. The standard InChI is InChI=1S/C34H43ClN6O4/c1-34(2,3)45-33(43)41-23-16-29(42)28(41)19-40(17-23)31-24-13-15-39(27-12-6-9-21-8-5-11-25(35)30(21)27)18-26(24)36-32(37-31)44-20-22-10-7-14-38(22)4/h5-6,8-9,11-12,22-23,28-29,42H,7,10,13-20H2,1-4H3/t22-,23+,28+,29-/m0/s1. The Balaban J connectivity index is 1.21. The maximum absolute atomic E-state index is 13.2. The minimum atomic E-state index is -0.620. The molecule has 0 unspecified atom stereocenters. The number of aliphatic hydroxyl groups excluding tert-OH is 1. The fourth-order valence-corrected chi connectivity index (χ4v) is 7.80. The largest absolute Gasteiger partial charge is 0.462 e. The number of piperazine rings is 1. The molecule has 0 spiro atoms. The summed E-state index contributed by atoms with van der Waals surface area (Å²) in [4.78, 5) is 31.9. The number of amides is 1. The SMILES string of the molecule is CN1CCC[C@H]1COc1nc2c(c(N3C[C@H]4C[C@H](O)[C@@H](C3)N4C(=O)OC(C)(C)C)n1)CCN(c1cccc3cccc(Cl)c13)C2. The lowest BCUT2D eigenvalue weighted by atomic mass is 10.0. The lowest BCUT2D eigenvalue weighted by molar-refractivity contribution is 0.00600. The number of benzene rings is 2. The number of halogens is 1. The summed E-state index contributed by atoms with van der Waals surface area (Å²) in [6, 6.07) is 12.5. The van der Waals surface area contributed by atoms with Crippen molar-refractivity contribution in [1.29, 1.82) is 0 Å². The Morgan fingerprint density at radius 1 is 1.09 bits per heavy atom. The first-order chi connectivity index (χ1) is 21.6. The number of rotatable bonds is 5. The summed E-state index contributed by atoms with van der Waals surface area (Å²) in [6.45, 7) is 9.62. The van der Waals surface area contributed by atoms with Crippen LogP contribution in [0.2, 0.25) is 5.02 Å². The maximum atomic E-state index is 13.2. The highest BCUT2D eigenvalue weighted by atomic mass is 35.5. The predicted molar refractivity (Wildman–Crippen MR) is 175 cm³/mol. The van der Waals surface area contributed by atoms with Gasteiger partial charge in [0.25, 0.3) is 0 Å². The van der Waals surface area contributed by atoms with E-state index in [0.717, 1.165) is 70.9 Å². The molecular formula is C34H43ClN6O4. The normalized spacial score (nSPS) is 25.2. The fourth-order valence-electron chi connectivity index (χ4n) is 7.53. The quantitative estimate of drug-likeness (QED) is 0.422. The van der Waals surface area contributed by atoms with Gasteiger partial charge in [0.15, 0.2) is 0 Å². The van der Waals surface area contributed by atoms with E-state index in [9.17, 15) is 9.90 Å². The van der Waals surface area contributed by atoms with Gasteiger partial charge >= 0.3 is 12.1 Å². The number of likely N-dealkylation sites (N-methyl/N-ethyl adjacent to an activating group) is 1. The van der Waals surface area contributed by atoms with Crippen LogP contribution in [0, 0.1) is 0 Å². The molecule has 4 atom stereocenters. The Bertz CT molecular complexity index is 1590. The van der Waals surface area contributed by atoms with Gasteiger partial charge in [0.2, 0.25) is 0 Å². The number of anilines is 2. The summed E-state index contributed by atoms with van der Waals surface area (Å²) >= 11 is 6.72. The zero-order chi connectivity index (χ0) is 31.5. The second-order valence-corrected chi connectivity index (χ2v) is 14.4. The Kier molecular flexibility index (Phi) is 7.94. The van der Waals surface area contributed by atoms with E-state index in [1.165, 1.54) is 0 Å². The van der Waals surface area contributed by atoms with E-state index >= 15 is 0 Å². The van der Waals surface area contributed by atoms with Gasteiger partial charge < -0.3 is 29.3 Å². The number of likely N-dealkylation sites (tertiary alicyclic amines) is 1. The predicted octanol–water partition coefficient (Wildman–Crippen LogP) is 4.88. The van der Waals surface area contributed by atoms with Crippen LogP contribution in [0.3, 0.4) is 0 Å². The lowest BCUT2D eigenvalue weighted by Crippen LogP contribution is -2.58. The van der Waals surface area contributed by atoms with Crippen LogP contribution >= 0.6 is 11.6 Å². The van der Waals surface area contributed by atoms with Crippen molar-refractivity contribution in [3.63, 3.8) is 0 Å². The van der Waals surface area contributed by atoms with Gasteiger partial charge in [0, 0.05) is 42.3 Å². The molecule has 2 bridgehead atoms. The van der Waals surface area contributed by atoms with E-state index < -0.39 is 11.7 Å². The van der Waals surface area contributed by atoms with E-state index in [2.05, 4.69) is 46.0 Å². The van der Waals surface area contributed by atoms with E-state index in [1.807, 2.05) is 32.9 Å². The third kappa shape index (κ3) is 5.88. The van der Waals surface area contributed by atoms with Crippen molar-refractivity contribution in [2.75, 3.05) is 49.6 Å². The highest BCUT2D eigenvalue weighted by molar-refractivity contribution is 6.36. The molecular weight excluding hydrogens is 592 g/mol. The summed E-state index contributed by atoms with van der Waals surface area (Å²) < 4.78 is 12.1. The number of aliphatic hydroxyl groups is 1. The van der Waals surface area contributed by atoms with E-state index in [4.69, 9.17) is 31.0 Å². The van der Waals surface area contributed by atoms with Gasteiger partial charge in [-0.05, 0) is 77.6 Å². The number of hydrogen-bond acceptors (Lipinski definition) is 9. The van der Waals surface area contributed by atoms with Crippen LogP contribution in [0.4, 0.5) is 16.3 Å². The number of aromatic nitrogens is 2. The van der Waals surface area contributed by atoms with Crippen LogP contribution in [0.15, 0.2) is 36.4 Å². The van der Waals surface area contributed by atoms with Crippen molar-refractivity contribution in [3.05, 3.63) is 52.7 Å². The molecule has 4 aliphatic heterocycles. The molecule has 3 fully saturated rings. The first-order valence-electron chi connectivity index (χ1n) is 16.1. The van der Waals surface area contributed by atoms with Crippen molar-refractivity contribution in [3.8, 4) is 6.01 Å². The fraction of sp³-hybridized carbons (Fsp3) is 0.559. The molecule has 5 heterocycles. The summed E-state index contributed by atoms with van der Waals surface area (Å²) in [5.74, 6) is 0.846. The maximum Gasteiger partial charge on any atom is 0.411 e. The molecule has 45 heavy (non-hydrogen) atoms. The summed E-state index contributed by atoms with van der Waals surface area (Å²) in [5, 5.41) is 13.9. The third-order valence-corrected chi connectivity index (χ3v) is 10.0. The van der Waals surface area contributed by atoms with Crippen LogP contribution < -0.4 is 14.5 Å². The molecule has 1 aromatic heterocycles. The van der Waals surface area contributed by atoms with Gasteiger partial charge in [-0.1, -0.05) is 35.9 Å². The Morgan fingerprint density at radius 2 is 1.89 bits per heavy atom. The van der Waals surface area contributed by atoms with E-state index in [-0.39, 0.29) is 18.2 Å². The average Bonchev–Trinajstić information content (AvgIpc) is 3.50. The molecule has 0 radical (unpaired) electrons. The van der Waals surface area contributed by atoms with Crippen molar-refractivity contribution in [2.45, 2.75) is 82.8 Å². The smallest absolute Gasteiger partial charge is 0.411 e. The summed E-state index contributed by atoms with van der Waals surface area (Å²) in [7, 11) is 2.14. The molecule has 11 heteroatoms. The van der Waals surface area contributed by atoms with Crippen LogP contribution in [0.25, 0.3) is 10.8 Å². The number of carbonyl (C=O) groups excluding carboxylic acids is 1. The van der Waals surface area contributed by atoms with Gasteiger partial charge in [0.1, 0.15) is 18.0 Å². The molecule has 2 aromatic carbocycles. The number of nitrogens with zero attached hydrogens (tertiary/aromatic N) is 6.